The van der Waals surface area contributed by atoms with Gasteiger partial charge in [0.15, 0.2) is 0 Å². The van der Waals surface area contributed by atoms with Gasteiger partial charge in [-0.15, -0.1) is 0 Å². The molecule has 1 atom stereocenters. The Hall–Kier alpha value is -0.580. The molecule has 2 aromatic heterocycles. The summed E-state index contributed by atoms with van der Waals surface area (Å²) >= 11 is 2.10. The van der Waals surface area contributed by atoms with Gasteiger partial charge in [0.25, 0.3) is 0 Å². The van der Waals surface area contributed by atoms with E-state index in [1.54, 1.807) is 6.07 Å². The number of furan rings is 2. The molecule has 0 aromatic carbocycles. The predicted octanol–water partition coefficient (Wildman–Crippen LogP) is -1.17. The van der Waals surface area contributed by atoms with E-state index in [1.165, 1.54) is 0 Å². The zero-order valence-electron chi connectivity index (χ0n) is 9.16. The van der Waals surface area contributed by atoms with Crippen LogP contribution >= 0.6 is 22.6 Å². The fourth-order valence-electron chi connectivity index (χ4n) is 1.74. The van der Waals surface area contributed by atoms with Gasteiger partial charge >= 0.3 is 127 Å². The van der Waals surface area contributed by atoms with Gasteiger partial charge in [0.2, 0.25) is 0 Å². The van der Waals surface area contributed by atoms with Crippen molar-refractivity contribution in [3.63, 3.8) is 0 Å². The SMILES string of the molecule is C[I-]CC(I)C(=O)Oc1c2c3oc1cc3C(=O)O2. The number of ether oxygens (including phenoxy) is 2. The quantitative estimate of drug-likeness (QED) is 0.243. The zero-order valence-corrected chi connectivity index (χ0v) is 13.5. The molecule has 3 heterocycles. The van der Waals surface area contributed by atoms with Crippen LogP contribution in [0.2, 0.25) is 0 Å². The van der Waals surface area contributed by atoms with Gasteiger partial charge in [0.05, 0.1) is 0 Å². The molecular weight excluding hydrogens is 466 g/mol. The molecule has 1 aliphatic heterocycles. The molecule has 0 aliphatic carbocycles. The topological polar surface area (TPSA) is 65.7 Å². The van der Waals surface area contributed by atoms with Crippen molar-refractivity contribution < 1.29 is 44.7 Å². The predicted molar refractivity (Wildman–Crippen MR) is 66.6 cm³/mol. The van der Waals surface area contributed by atoms with Crippen molar-refractivity contribution >= 4 is 45.7 Å². The Kier molecular flexibility index (Phi) is 3.12. The number of carbonyl (C=O) groups is 2. The summed E-state index contributed by atoms with van der Waals surface area (Å²) in [6.45, 7) is 0. The van der Waals surface area contributed by atoms with Crippen LogP contribution in [0.4, 0.5) is 0 Å². The molecule has 0 amide bonds. The molecule has 0 saturated heterocycles. The van der Waals surface area contributed by atoms with E-state index in [9.17, 15) is 9.59 Å². The van der Waals surface area contributed by atoms with Crippen LogP contribution in [0.3, 0.4) is 0 Å². The second kappa shape index (κ2) is 4.51. The fourth-order valence-corrected chi connectivity index (χ4v) is 5.23. The van der Waals surface area contributed by atoms with E-state index in [2.05, 4.69) is 27.5 Å². The summed E-state index contributed by atoms with van der Waals surface area (Å²) in [5.41, 5.74) is 1.18. The Balaban J connectivity index is 1.86. The van der Waals surface area contributed by atoms with E-state index in [0.29, 0.717) is 16.7 Å². The Morgan fingerprint density at radius 1 is 1.61 bits per heavy atom. The van der Waals surface area contributed by atoms with Crippen LogP contribution in [-0.4, -0.2) is 25.2 Å². The molecule has 2 bridgehead atoms. The Morgan fingerprint density at radius 3 is 3.11 bits per heavy atom. The van der Waals surface area contributed by atoms with Gasteiger partial charge < -0.3 is 0 Å². The summed E-state index contributed by atoms with van der Waals surface area (Å²) in [6, 6.07) is 1.55. The van der Waals surface area contributed by atoms with Gasteiger partial charge in [-0.25, -0.2) is 0 Å². The van der Waals surface area contributed by atoms with Crippen molar-refractivity contribution in [3.8, 4) is 11.5 Å². The molecule has 1 unspecified atom stereocenters. The normalized spacial score (nSPS) is 15.3. The second-order valence-corrected chi connectivity index (χ2v) is 7.62. The number of esters is 2. The van der Waals surface area contributed by atoms with E-state index in [-0.39, 0.29) is 42.6 Å². The van der Waals surface area contributed by atoms with Gasteiger partial charge in [0.1, 0.15) is 0 Å². The standard InChI is InChI=1S/C11H7I2O5/c1-13-3-5(12)11(15)17-8-6-2-4-7(16-6)9(8)18-10(4)14/h2,5H,3H2,1H3/q-1. The summed E-state index contributed by atoms with van der Waals surface area (Å²) in [6.07, 6.45) is 0. The molecule has 3 rings (SSSR count). The van der Waals surface area contributed by atoms with Gasteiger partial charge in [0, 0.05) is 0 Å². The van der Waals surface area contributed by atoms with Crippen LogP contribution in [0.1, 0.15) is 10.4 Å². The van der Waals surface area contributed by atoms with Gasteiger partial charge in [-0.05, 0) is 0 Å². The molecule has 18 heavy (non-hydrogen) atoms. The first kappa shape index (κ1) is 12.5. The average Bonchev–Trinajstić information content (AvgIpc) is 2.93. The summed E-state index contributed by atoms with van der Waals surface area (Å²) in [5.74, 6) is -0.287. The second-order valence-electron chi connectivity index (χ2n) is 3.71. The number of hydrogen-bond acceptors (Lipinski definition) is 5. The molecular formula is C11H7I2O5-. The van der Waals surface area contributed by atoms with E-state index in [1.807, 2.05) is 0 Å². The molecule has 0 saturated carbocycles. The third kappa shape index (κ3) is 1.78. The molecule has 0 N–H and O–H groups in total. The number of benzene rings is 1. The van der Waals surface area contributed by atoms with Crippen molar-refractivity contribution in [2.75, 3.05) is 9.36 Å². The minimum absolute atomic E-state index is 0.0289. The summed E-state index contributed by atoms with van der Waals surface area (Å²) < 4.78 is 16.3. The number of halogens is 2. The van der Waals surface area contributed by atoms with Crippen molar-refractivity contribution in [1.29, 1.82) is 0 Å². The third-order valence-corrected chi connectivity index (χ3v) is 6.93. The van der Waals surface area contributed by atoms with E-state index in [4.69, 9.17) is 13.9 Å². The van der Waals surface area contributed by atoms with Crippen molar-refractivity contribution in [3.05, 3.63) is 11.6 Å². The van der Waals surface area contributed by atoms with Crippen LogP contribution in [0.5, 0.6) is 11.5 Å². The molecule has 0 fully saturated rings. The fraction of sp³-hybridized carbons (Fsp3) is 0.273. The first-order valence-electron chi connectivity index (χ1n) is 5.02. The van der Waals surface area contributed by atoms with E-state index in [0.717, 1.165) is 4.43 Å². The first-order valence-corrected chi connectivity index (χ1v) is 9.95. The molecule has 96 valence electrons. The third-order valence-electron chi connectivity index (χ3n) is 2.53. The summed E-state index contributed by atoms with van der Waals surface area (Å²) in [7, 11) is 0. The van der Waals surface area contributed by atoms with E-state index < -0.39 is 5.97 Å². The van der Waals surface area contributed by atoms with Crippen molar-refractivity contribution in [2.45, 2.75) is 3.92 Å². The van der Waals surface area contributed by atoms with Crippen LogP contribution in [-0.2, 0) is 4.79 Å². The van der Waals surface area contributed by atoms with Crippen LogP contribution in [0.15, 0.2) is 10.5 Å². The van der Waals surface area contributed by atoms with Crippen LogP contribution in [0, 0.1) is 0 Å². The summed E-state index contributed by atoms with van der Waals surface area (Å²) in [5, 5.41) is 0. The first-order chi connectivity index (χ1) is 8.61. The number of carbonyl (C=O) groups excluding carboxylic acids is 2. The van der Waals surface area contributed by atoms with Gasteiger partial charge in [-0.1, -0.05) is 0 Å². The minimum atomic E-state index is -0.452. The van der Waals surface area contributed by atoms with Gasteiger partial charge in [-0.3, -0.25) is 0 Å². The van der Waals surface area contributed by atoms with Crippen LogP contribution in [0.25, 0.3) is 11.2 Å². The molecule has 0 radical (unpaired) electrons. The molecule has 5 nitrogen and oxygen atoms in total. The Labute approximate surface area is 126 Å². The maximum absolute atomic E-state index is 11.8. The van der Waals surface area contributed by atoms with Crippen LogP contribution < -0.4 is 30.7 Å². The van der Waals surface area contributed by atoms with Gasteiger partial charge in [-0.2, -0.15) is 0 Å². The molecule has 1 aliphatic rings. The molecule has 7 heteroatoms. The molecule has 2 aromatic rings. The number of alkyl halides is 3. The Bertz CT molecular complexity index is 632. The average molecular weight is 473 g/mol. The number of fused-ring (bicyclic) bond motifs is 1. The summed E-state index contributed by atoms with van der Waals surface area (Å²) in [4.78, 5) is 25.3. The number of hydrogen-bond donors (Lipinski definition) is 0. The molecule has 0 spiro atoms. The Morgan fingerprint density at radius 2 is 2.39 bits per heavy atom. The van der Waals surface area contributed by atoms with E-state index >= 15 is 0 Å². The monoisotopic (exact) mass is 473 g/mol. The maximum atomic E-state index is 11.8. The van der Waals surface area contributed by atoms with Crippen molar-refractivity contribution in [2.24, 2.45) is 0 Å². The van der Waals surface area contributed by atoms with Crippen molar-refractivity contribution in [1.82, 2.24) is 0 Å². The number of rotatable bonds is 4. The zero-order chi connectivity index (χ0) is 12.9.